The molecule has 5 nitrogen and oxygen atoms in total. The molecule has 1 heterocycles. The molecule has 0 spiro atoms. The van der Waals surface area contributed by atoms with E-state index >= 15 is 0 Å². The zero-order chi connectivity index (χ0) is 20.5. The first kappa shape index (κ1) is 19.9. The maximum Gasteiger partial charge on any atom is 0.573 e. The SMILES string of the molecule is COc1cc(F)ccc1C1CC(O)C(=O)N1Cc1ccc(OC(F)(F)F)cc1. The number of hydrogen-bond donors (Lipinski definition) is 1. The van der Waals surface area contributed by atoms with Crippen LogP contribution in [0, 0.1) is 5.82 Å². The van der Waals surface area contributed by atoms with Crippen molar-refractivity contribution in [1.82, 2.24) is 4.90 Å². The summed E-state index contributed by atoms with van der Waals surface area (Å²) in [6.45, 7) is 0.0490. The van der Waals surface area contributed by atoms with Crippen LogP contribution >= 0.6 is 0 Å². The Bertz CT molecular complexity index is 854. The molecule has 2 atom stereocenters. The largest absolute Gasteiger partial charge is 0.573 e. The summed E-state index contributed by atoms with van der Waals surface area (Å²) in [7, 11) is 1.37. The number of hydrogen-bond acceptors (Lipinski definition) is 4. The van der Waals surface area contributed by atoms with E-state index in [1.807, 2.05) is 0 Å². The fourth-order valence-electron chi connectivity index (χ4n) is 3.22. The Morgan fingerprint density at radius 2 is 1.86 bits per heavy atom. The minimum atomic E-state index is -4.79. The van der Waals surface area contributed by atoms with Crippen LogP contribution in [0.4, 0.5) is 17.6 Å². The zero-order valence-electron chi connectivity index (χ0n) is 14.7. The van der Waals surface area contributed by atoms with Crippen LogP contribution in [-0.2, 0) is 11.3 Å². The number of ether oxygens (including phenoxy) is 2. The molecule has 1 amide bonds. The van der Waals surface area contributed by atoms with Gasteiger partial charge in [0.25, 0.3) is 5.91 Å². The van der Waals surface area contributed by atoms with E-state index in [2.05, 4.69) is 4.74 Å². The summed E-state index contributed by atoms with van der Waals surface area (Å²) in [6, 6.07) is 8.43. The van der Waals surface area contributed by atoms with E-state index in [1.165, 1.54) is 42.3 Å². The highest BCUT2D eigenvalue weighted by atomic mass is 19.4. The fourth-order valence-corrected chi connectivity index (χ4v) is 3.22. The van der Waals surface area contributed by atoms with Crippen molar-refractivity contribution in [2.75, 3.05) is 7.11 Å². The van der Waals surface area contributed by atoms with Crippen LogP contribution in [0.5, 0.6) is 11.5 Å². The molecule has 28 heavy (non-hydrogen) atoms. The number of halogens is 4. The first-order valence-corrected chi connectivity index (χ1v) is 8.34. The molecule has 3 rings (SSSR count). The Balaban J connectivity index is 1.84. The number of alkyl halides is 3. The molecular formula is C19H17F4NO4. The van der Waals surface area contributed by atoms with Crippen molar-refractivity contribution >= 4 is 5.91 Å². The zero-order valence-corrected chi connectivity index (χ0v) is 14.7. The third-order valence-corrected chi connectivity index (χ3v) is 4.46. The number of carbonyl (C=O) groups excluding carboxylic acids is 1. The Labute approximate surface area is 158 Å². The Morgan fingerprint density at radius 3 is 2.46 bits per heavy atom. The highest BCUT2D eigenvalue weighted by Gasteiger charge is 2.40. The first-order chi connectivity index (χ1) is 13.2. The maximum absolute atomic E-state index is 13.5. The Kier molecular flexibility index (Phi) is 5.46. The van der Waals surface area contributed by atoms with E-state index < -0.39 is 30.2 Å². The Hall–Kier alpha value is -2.81. The van der Waals surface area contributed by atoms with Gasteiger partial charge in [-0.05, 0) is 23.8 Å². The number of likely N-dealkylation sites (tertiary alicyclic amines) is 1. The molecule has 2 unspecified atom stereocenters. The molecule has 0 radical (unpaired) electrons. The molecule has 1 saturated heterocycles. The summed E-state index contributed by atoms with van der Waals surface area (Å²) in [5, 5.41) is 10.0. The van der Waals surface area contributed by atoms with Crippen molar-refractivity contribution in [3.63, 3.8) is 0 Å². The van der Waals surface area contributed by atoms with Crippen LogP contribution in [0.15, 0.2) is 42.5 Å². The number of amides is 1. The van der Waals surface area contributed by atoms with Crippen molar-refractivity contribution in [2.45, 2.75) is 31.5 Å². The second kappa shape index (κ2) is 7.67. The summed E-state index contributed by atoms with van der Waals surface area (Å²) >= 11 is 0. The standard InChI is InChI=1S/C19H17F4NO4/c1-27-17-8-12(20)4-7-14(17)15-9-16(25)18(26)24(15)10-11-2-5-13(6-3-11)28-19(21,22)23/h2-8,15-16,25H,9-10H2,1H3. The highest BCUT2D eigenvalue weighted by Crippen LogP contribution is 2.39. The van der Waals surface area contributed by atoms with E-state index in [0.717, 1.165) is 12.1 Å². The molecule has 0 aliphatic carbocycles. The molecule has 1 aliphatic heterocycles. The van der Waals surface area contributed by atoms with Gasteiger partial charge in [0, 0.05) is 24.6 Å². The first-order valence-electron chi connectivity index (χ1n) is 8.34. The van der Waals surface area contributed by atoms with Gasteiger partial charge in [-0.15, -0.1) is 13.2 Å². The van der Waals surface area contributed by atoms with E-state index in [9.17, 15) is 27.5 Å². The predicted octanol–water partition coefficient (Wildman–Crippen LogP) is 3.57. The van der Waals surface area contributed by atoms with Crippen LogP contribution in [0.1, 0.15) is 23.6 Å². The number of nitrogens with zero attached hydrogens (tertiary/aromatic N) is 1. The number of rotatable bonds is 5. The van der Waals surface area contributed by atoms with E-state index in [-0.39, 0.29) is 24.5 Å². The van der Waals surface area contributed by atoms with Crippen LogP contribution in [0.25, 0.3) is 0 Å². The molecule has 9 heteroatoms. The highest BCUT2D eigenvalue weighted by molar-refractivity contribution is 5.83. The summed E-state index contributed by atoms with van der Waals surface area (Å²) in [5.41, 5.74) is 1.08. The van der Waals surface area contributed by atoms with Crippen LogP contribution in [0.2, 0.25) is 0 Å². The second-order valence-electron chi connectivity index (χ2n) is 6.31. The van der Waals surface area contributed by atoms with Gasteiger partial charge in [-0.1, -0.05) is 18.2 Å². The average Bonchev–Trinajstić information content (AvgIpc) is 2.90. The van der Waals surface area contributed by atoms with Gasteiger partial charge in [0.2, 0.25) is 0 Å². The van der Waals surface area contributed by atoms with Gasteiger partial charge in [0.1, 0.15) is 23.4 Å². The average molecular weight is 399 g/mol. The number of aliphatic hydroxyl groups excluding tert-OH is 1. The number of benzene rings is 2. The van der Waals surface area contributed by atoms with Gasteiger partial charge >= 0.3 is 6.36 Å². The van der Waals surface area contributed by atoms with Gasteiger partial charge < -0.3 is 19.5 Å². The fraction of sp³-hybridized carbons (Fsp3) is 0.316. The summed E-state index contributed by atoms with van der Waals surface area (Å²) < 4.78 is 59.3. The minimum absolute atomic E-state index is 0.0490. The maximum atomic E-state index is 13.5. The molecule has 150 valence electrons. The summed E-state index contributed by atoms with van der Waals surface area (Å²) in [4.78, 5) is 13.8. The smallest absolute Gasteiger partial charge is 0.496 e. The van der Waals surface area contributed by atoms with Crippen molar-refractivity contribution in [3.8, 4) is 11.5 Å². The van der Waals surface area contributed by atoms with Gasteiger partial charge in [0.05, 0.1) is 13.2 Å². The third kappa shape index (κ3) is 4.36. The molecule has 0 aromatic heterocycles. The van der Waals surface area contributed by atoms with Crippen LogP contribution in [-0.4, -0.2) is 35.5 Å². The van der Waals surface area contributed by atoms with Crippen LogP contribution < -0.4 is 9.47 Å². The quantitative estimate of drug-likeness (QED) is 0.781. The topological polar surface area (TPSA) is 59.0 Å². The second-order valence-corrected chi connectivity index (χ2v) is 6.31. The predicted molar refractivity (Wildman–Crippen MR) is 90.0 cm³/mol. The Morgan fingerprint density at radius 1 is 1.18 bits per heavy atom. The van der Waals surface area contributed by atoms with Gasteiger partial charge in [-0.2, -0.15) is 0 Å². The number of methoxy groups -OCH3 is 1. The molecular weight excluding hydrogens is 382 g/mol. The van der Waals surface area contributed by atoms with Crippen molar-refractivity contribution in [3.05, 3.63) is 59.4 Å². The number of aliphatic hydroxyl groups is 1. The summed E-state index contributed by atoms with van der Waals surface area (Å²) in [5.74, 6) is -1.16. The van der Waals surface area contributed by atoms with E-state index in [0.29, 0.717) is 11.1 Å². The van der Waals surface area contributed by atoms with Crippen LogP contribution in [0.3, 0.4) is 0 Å². The molecule has 0 saturated carbocycles. The van der Waals surface area contributed by atoms with Gasteiger partial charge in [-0.25, -0.2) is 4.39 Å². The molecule has 1 fully saturated rings. The lowest BCUT2D eigenvalue weighted by Gasteiger charge is -2.26. The summed E-state index contributed by atoms with van der Waals surface area (Å²) in [6.07, 6.45) is -5.93. The lowest BCUT2D eigenvalue weighted by molar-refractivity contribution is -0.274. The molecule has 2 aromatic rings. The normalized spacial score (nSPS) is 19.8. The molecule has 2 aromatic carbocycles. The molecule has 1 aliphatic rings. The van der Waals surface area contributed by atoms with Gasteiger partial charge in [0.15, 0.2) is 0 Å². The van der Waals surface area contributed by atoms with E-state index in [4.69, 9.17) is 4.74 Å². The monoisotopic (exact) mass is 399 g/mol. The third-order valence-electron chi connectivity index (χ3n) is 4.46. The van der Waals surface area contributed by atoms with Crippen molar-refractivity contribution < 1.29 is 36.9 Å². The minimum Gasteiger partial charge on any atom is -0.496 e. The number of carbonyl (C=O) groups is 1. The lowest BCUT2D eigenvalue weighted by Crippen LogP contribution is -2.30. The lowest BCUT2D eigenvalue weighted by atomic mass is 10.0. The van der Waals surface area contributed by atoms with E-state index in [1.54, 1.807) is 0 Å². The van der Waals surface area contributed by atoms with Gasteiger partial charge in [-0.3, -0.25) is 4.79 Å². The van der Waals surface area contributed by atoms with Crippen molar-refractivity contribution in [2.24, 2.45) is 0 Å². The molecule has 0 bridgehead atoms. The van der Waals surface area contributed by atoms with Crippen molar-refractivity contribution in [1.29, 1.82) is 0 Å². The molecule has 1 N–H and O–H groups in total.